The van der Waals surface area contributed by atoms with Crippen LogP contribution in [-0.4, -0.2) is 37.6 Å². The number of rotatable bonds is 3. The number of piperazine rings is 1. The van der Waals surface area contributed by atoms with Gasteiger partial charge in [0.2, 0.25) is 0 Å². The molecule has 106 valence electrons. The van der Waals surface area contributed by atoms with Crippen molar-refractivity contribution in [1.29, 1.82) is 0 Å². The number of benzene rings is 1. The normalized spacial score (nSPS) is 16.6. The summed E-state index contributed by atoms with van der Waals surface area (Å²) in [6.45, 7) is 7.50. The van der Waals surface area contributed by atoms with Crippen LogP contribution < -0.4 is 4.90 Å². The molecule has 1 aliphatic heterocycles. The quantitative estimate of drug-likeness (QED) is 0.858. The molecule has 0 N–H and O–H groups in total. The fraction of sp³-hybridized carbons (Fsp3) is 0.375. The van der Waals surface area contributed by atoms with E-state index in [1.54, 1.807) is 6.26 Å². The number of hydrogen-bond acceptors (Lipinski definition) is 3. The van der Waals surface area contributed by atoms with E-state index in [-0.39, 0.29) is 0 Å². The Morgan fingerprint density at radius 3 is 2.55 bits per heavy atom. The summed E-state index contributed by atoms with van der Waals surface area (Å²) < 4.78 is 5.55. The van der Waals surface area contributed by atoms with Gasteiger partial charge in [0.1, 0.15) is 5.76 Å². The largest absolute Gasteiger partial charge is 0.464 e. The molecular weight excluding hydrogens is 272 g/mol. The molecule has 1 aromatic heterocycles. The van der Waals surface area contributed by atoms with E-state index in [1.807, 2.05) is 24.3 Å². The van der Waals surface area contributed by atoms with E-state index in [1.165, 1.54) is 0 Å². The number of nitrogens with zero attached hydrogens (tertiary/aromatic N) is 2. The van der Waals surface area contributed by atoms with E-state index >= 15 is 0 Å². The van der Waals surface area contributed by atoms with Gasteiger partial charge < -0.3 is 14.2 Å². The average molecular weight is 291 g/mol. The minimum Gasteiger partial charge on any atom is -0.464 e. The molecule has 2 heterocycles. The second-order valence-electron chi connectivity index (χ2n) is 5.03. The molecule has 1 fully saturated rings. The Morgan fingerprint density at radius 1 is 1.10 bits per heavy atom. The van der Waals surface area contributed by atoms with Crippen molar-refractivity contribution in [2.75, 3.05) is 37.6 Å². The lowest BCUT2D eigenvalue weighted by atomic mass is 10.1. The summed E-state index contributed by atoms with van der Waals surface area (Å²) in [5.74, 6) is 0.875. The highest BCUT2D eigenvalue weighted by molar-refractivity contribution is 6.34. The van der Waals surface area contributed by atoms with Crippen molar-refractivity contribution in [2.45, 2.75) is 6.92 Å². The van der Waals surface area contributed by atoms with Crippen molar-refractivity contribution in [1.82, 2.24) is 4.90 Å². The van der Waals surface area contributed by atoms with Gasteiger partial charge in [-0.15, -0.1) is 0 Å². The highest BCUT2D eigenvalue weighted by Gasteiger charge is 2.21. The number of furan rings is 1. The Bertz CT molecular complexity index is 560. The number of anilines is 1. The van der Waals surface area contributed by atoms with E-state index in [0.29, 0.717) is 0 Å². The minimum atomic E-state index is 0.795. The van der Waals surface area contributed by atoms with Gasteiger partial charge >= 0.3 is 0 Å². The molecule has 0 atom stereocenters. The first-order chi connectivity index (χ1) is 9.79. The molecule has 20 heavy (non-hydrogen) atoms. The fourth-order valence-electron chi connectivity index (χ4n) is 2.76. The summed E-state index contributed by atoms with van der Waals surface area (Å²) in [4.78, 5) is 4.83. The van der Waals surface area contributed by atoms with E-state index in [0.717, 1.165) is 54.8 Å². The van der Waals surface area contributed by atoms with Crippen LogP contribution in [0.2, 0.25) is 5.02 Å². The Kier molecular flexibility index (Phi) is 3.99. The van der Waals surface area contributed by atoms with Crippen LogP contribution in [0.4, 0.5) is 5.69 Å². The van der Waals surface area contributed by atoms with E-state index < -0.39 is 0 Å². The molecule has 0 saturated carbocycles. The van der Waals surface area contributed by atoms with Gasteiger partial charge in [-0.3, -0.25) is 0 Å². The van der Waals surface area contributed by atoms with Gasteiger partial charge in [0.15, 0.2) is 0 Å². The zero-order valence-electron chi connectivity index (χ0n) is 11.7. The Morgan fingerprint density at radius 2 is 1.90 bits per heavy atom. The highest BCUT2D eigenvalue weighted by Crippen LogP contribution is 2.37. The first kappa shape index (κ1) is 13.5. The fourth-order valence-corrected chi connectivity index (χ4v) is 3.05. The molecule has 0 unspecified atom stereocenters. The SMILES string of the molecule is CCN1CCN(c2c(Cl)cccc2-c2ccco2)CC1. The van der Waals surface area contributed by atoms with Gasteiger partial charge in [-0.05, 0) is 30.8 Å². The third-order valence-electron chi connectivity index (χ3n) is 3.91. The molecule has 3 nitrogen and oxygen atoms in total. The van der Waals surface area contributed by atoms with Crippen LogP contribution in [0, 0.1) is 0 Å². The summed E-state index contributed by atoms with van der Waals surface area (Å²) in [7, 11) is 0. The summed E-state index contributed by atoms with van der Waals surface area (Å²) in [6, 6.07) is 9.90. The molecule has 2 aromatic rings. The maximum atomic E-state index is 6.45. The first-order valence-corrected chi connectivity index (χ1v) is 7.47. The molecule has 0 spiro atoms. The van der Waals surface area contributed by atoms with Crippen LogP contribution in [-0.2, 0) is 0 Å². The Balaban J connectivity index is 1.93. The monoisotopic (exact) mass is 290 g/mol. The molecular formula is C16H19ClN2O. The van der Waals surface area contributed by atoms with Crippen molar-refractivity contribution in [3.8, 4) is 11.3 Å². The zero-order chi connectivity index (χ0) is 13.9. The maximum Gasteiger partial charge on any atom is 0.135 e. The smallest absolute Gasteiger partial charge is 0.135 e. The predicted molar refractivity (Wildman–Crippen MR) is 83.5 cm³/mol. The lowest BCUT2D eigenvalue weighted by molar-refractivity contribution is 0.271. The molecule has 1 aromatic carbocycles. The Labute approximate surface area is 124 Å². The summed E-state index contributed by atoms with van der Waals surface area (Å²) >= 11 is 6.45. The van der Waals surface area contributed by atoms with Crippen molar-refractivity contribution in [3.63, 3.8) is 0 Å². The lowest BCUT2D eigenvalue weighted by Crippen LogP contribution is -2.46. The maximum absolute atomic E-state index is 6.45. The van der Waals surface area contributed by atoms with Crippen LogP contribution in [0.5, 0.6) is 0 Å². The number of likely N-dealkylation sites (N-methyl/N-ethyl adjacent to an activating group) is 1. The second kappa shape index (κ2) is 5.90. The van der Waals surface area contributed by atoms with Gasteiger partial charge in [-0.1, -0.05) is 24.6 Å². The van der Waals surface area contributed by atoms with Gasteiger partial charge in [0, 0.05) is 31.7 Å². The lowest BCUT2D eigenvalue weighted by Gasteiger charge is -2.36. The van der Waals surface area contributed by atoms with Crippen LogP contribution in [0.1, 0.15) is 6.92 Å². The van der Waals surface area contributed by atoms with Gasteiger partial charge in [-0.2, -0.15) is 0 Å². The molecule has 0 amide bonds. The summed E-state index contributed by atoms with van der Waals surface area (Å²) in [5, 5.41) is 0.795. The minimum absolute atomic E-state index is 0.795. The van der Waals surface area contributed by atoms with Crippen molar-refractivity contribution < 1.29 is 4.42 Å². The van der Waals surface area contributed by atoms with Gasteiger partial charge in [0.05, 0.1) is 17.0 Å². The van der Waals surface area contributed by atoms with E-state index in [9.17, 15) is 0 Å². The van der Waals surface area contributed by atoms with Gasteiger partial charge in [0.25, 0.3) is 0 Å². The summed E-state index contributed by atoms with van der Waals surface area (Å²) in [5.41, 5.74) is 2.17. The van der Waals surface area contributed by atoms with Crippen LogP contribution >= 0.6 is 11.6 Å². The molecule has 1 saturated heterocycles. The topological polar surface area (TPSA) is 19.6 Å². The van der Waals surface area contributed by atoms with Crippen LogP contribution in [0.15, 0.2) is 41.0 Å². The third kappa shape index (κ3) is 2.56. The second-order valence-corrected chi connectivity index (χ2v) is 5.44. The first-order valence-electron chi connectivity index (χ1n) is 7.09. The molecule has 3 rings (SSSR count). The number of halogens is 1. The molecule has 0 bridgehead atoms. The summed E-state index contributed by atoms with van der Waals surface area (Å²) in [6.07, 6.45) is 1.70. The molecule has 1 aliphatic rings. The standard InChI is InChI=1S/C16H19ClN2O/c1-2-18-8-10-19(11-9-18)16-13(5-3-6-14(16)17)15-7-4-12-20-15/h3-7,12H,2,8-11H2,1H3. The predicted octanol–water partition coefficient (Wildman–Crippen LogP) is 3.74. The third-order valence-corrected chi connectivity index (χ3v) is 4.21. The molecule has 0 aliphatic carbocycles. The average Bonchev–Trinajstić information content (AvgIpc) is 3.01. The van der Waals surface area contributed by atoms with Crippen molar-refractivity contribution >= 4 is 17.3 Å². The zero-order valence-corrected chi connectivity index (χ0v) is 12.4. The van der Waals surface area contributed by atoms with Crippen molar-refractivity contribution in [3.05, 3.63) is 41.6 Å². The molecule has 0 radical (unpaired) electrons. The number of para-hydroxylation sites is 1. The molecule has 4 heteroatoms. The van der Waals surface area contributed by atoms with E-state index in [2.05, 4.69) is 22.8 Å². The highest BCUT2D eigenvalue weighted by atomic mass is 35.5. The number of hydrogen-bond donors (Lipinski definition) is 0. The van der Waals surface area contributed by atoms with E-state index in [4.69, 9.17) is 16.0 Å². The van der Waals surface area contributed by atoms with Crippen LogP contribution in [0.3, 0.4) is 0 Å². The van der Waals surface area contributed by atoms with Crippen LogP contribution in [0.25, 0.3) is 11.3 Å². The van der Waals surface area contributed by atoms with Gasteiger partial charge in [-0.25, -0.2) is 0 Å². The van der Waals surface area contributed by atoms with Crippen molar-refractivity contribution in [2.24, 2.45) is 0 Å². The Hall–Kier alpha value is -1.45.